The van der Waals surface area contributed by atoms with Crippen molar-refractivity contribution in [2.45, 2.75) is 32.2 Å². The van der Waals surface area contributed by atoms with E-state index in [1.165, 1.54) is 0 Å². The zero-order valence-electron chi connectivity index (χ0n) is 7.79. The molecule has 0 aromatic heterocycles. The van der Waals surface area contributed by atoms with E-state index in [2.05, 4.69) is 0 Å². The smallest absolute Gasteiger partial charge is 0.307 e. The minimum atomic E-state index is -0.223. The van der Waals surface area contributed by atoms with Crippen LogP contribution in [-0.4, -0.2) is 24.5 Å². The predicted molar refractivity (Wildman–Crippen MR) is 56.4 cm³/mol. The first-order valence-corrected chi connectivity index (χ1v) is 4.71. The molecule has 0 saturated carbocycles. The van der Waals surface area contributed by atoms with Crippen molar-refractivity contribution in [2.75, 3.05) is 12.5 Å². The summed E-state index contributed by atoms with van der Waals surface area (Å²) < 4.78 is 4.74. The fourth-order valence-electron chi connectivity index (χ4n) is 0.875. The molecule has 0 aliphatic rings. The van der Waals surface area contributed by atoms with E-state index in [0.717, 1.165) is 12.8 Å². The number of ether oxygens (including phenoxy) is 1. The Bertz CT molecular complexity index is 133. The molecule has 5 heteroatoms. The van der Waals surface area contributed by atoms with Crippen molar-refractivity contribution in [1.82, 2.24) is 0 Å². The van der Waals surface area contributed by atoms with Gasteiger partial charge in [0.15, 0.2) is 0 Å². The molecule has 0 spiro atoms. The second kappa shape index (κ2) is 10.1. The van der Waals surface area contributed by atoms with Crippen molar-refractivity contribution in [3.05, 3.63) is 0 Å². The van der Waals surface area contributed by atoms with Crippen molar-refractivity contribution in [3.8, 4) is 0 Å². The van der Waals surface area contributed by atoms with Gasteiger partial charge in [0, 0.05) is 11.9 Å². The number of nitrogens with two attached hydrogens (primary N) is 1. The summed E-state index contributed by atoms with van der Waals surface area (Å²) in [6, 6.07) is -0.109. The SMILES string of the molecule is CCOC(=O)CC(N)CCCCl.Cl. The average molecular weight is 230 g/mol. The van der Waals surface area contributed by atoms with Crippen molar-refractivity contribution in [2.24, 2.45) is 5.73 Å². The quantitative estimate of drug-likeness (QED) is 0.558. The van der Waals surface area contributed by atoms with Gasteiger partial charge in [0.25, 0.3) is 0 Å². The molecule has 2 N–H and O–H groups in total. The second-order valence-electron chi connectivity index (χ2n) is 2.60. The summed E-state index contributed by atoms with van der Waals surface area (Å²) in [5.74, 6) is 0.371. The Hall–Kier alpha value is 0.01000. The summed E-state index contributed by atoms with van der Waals surface area (Å²) in [5, 5.41) is 0. The molecule has 0 aromatic carbocycles. The number of carbonyl (C=O) groups is 1. The molecular formula is C8H17Cl2NO2. The number of hydrogen-bond acceptors (Lipinski definition) is 3. The number of rotatable bonds is 6. The van der Waals surface area contributed by atoms with Crippen LogP contribution in [0.4, 0.5) is 0 Å². The normalized spacial score (nSPS) is 11.6. The lowest BCUT2D eigenvalue weighted by Crippen LogP contribution is -2.24. The molecule has 1 atom stereocenters. The van der Waals surface area contributed by atoms with E-state index in [9.17, 15) is 4.79 Å². The summed E-state index contributed by atoms with van der Waals surface area (Å²) in [6.45, 7) is 2.20. The second-order valence-corrected chi connectivity index (χ2v) is 2.98. The zero-order valence-corrected chi connectivity index (χ0v) is 9.37. The van der Waals surface area contributed by atoms with Gasteiger partial charge in [-0.2, -0.15) is 0 Å². The first-order chi connectivity index (χ1) is 5.70. The summed E-state index contributed by atoms with van der Waals surface area (Å²) >= 11 is 5.47. The lowest BCUT2D eigenvalue weighted by atomic mass is 10.1. The maximum absolute atomic E-state index is 10.9. The van der Waals surface area contributed by atoms with Crippen molar-refractivity contribution < 1.29 is 9.53 Å². The van der Waals surface area contributed by atoms with E-state index in [-0.39, 0.29) is 24.4 Å². The van der Waals surface area contributed by atoms with E-state index < -0.39 is 0 Å². The molecule has 1 unspecified atom stereocenters. The van der Waals surface area contributed by atoms with E-state index in [4.69, 9.17) is 22.1 Å². The average Bonchev–Trinajstić information content (AvgIpc) is 2.01. The van der Waals surface area contributed by atoms with Gasteiger partial charge in [0.1, 0.15) is 0 Å². The van der Waals surface area contributed by atoms with Crippen LogP contribution in [0.2, 0.25) is 0 Å². The molecule has 80 valence electrons. The fourth-order valence-corrected chi connectivity index (χ4v) is 1.03. The lowest BCUT2D eigenvalue weighted by Gasteiger charge is -2.08. The van der Waals surface area contributed by atoms with Gasteiger partial charge in [-0.1, -0.05) is 0 Å². The topological polar surface area (TPSA) is 52.3 Å². The van der Waals surface area contributed by atoms with Gasteiger partial charge < -0.3 is 10.5 Å². The van der Waals surface area contributed by atoms with Crippen LogP contribution in [0.1, 0.15) is 26.2 Å². The molecule has 0 bridgehead atoms. The lowest BCUT2D eigenvalue weighted by molar-refractivity contribution is -0.143. The number of esters is 1. The molecule has 0 rings (SSSR count). The molecule has 0 aliphatic heterocycles. The molecule has 0 heterocycles. The summed E-state index contributed by atoms with van der Waals surface area (Å²) in [4.78, 5) is 10.9. The Labute approximate surface area is 90.4 Å². The van der Waals surface area contributed by atoms with Crippen LogP contribution < -0.4 is 5.73 Å². The standard InChI is InChI=1S/C8H16ClNO2.ClH/c1-2-12-8(11)6-7(10)4-3-5-9;/h7H,2-6,10H2,1H3;1H. The van der Waals surface area contributed by atoms with Gasteiger partial charge in [-0.05, 0) is 19.8 Å². The van der Waals surface area contributed by atoms with Crippen molar-refractivity contribution in [3.63, 3.8) is 0 Å². The van der Waals surface area contributed by atoms with Gasteiger partial charge in [-0.3, -0.25) is 4.79 Å². The Morgan fingerprint density at radius 1 is 1.62 bits per heavy atom. The molecular weight excluding hydrogens is 213 g/mol. The zero-order chi connectivity index (χ0) is 9.40. The molecule has 3 nitrogen and oxygen atoms in total. The van der Waals surface area contributed by atoms with E-state index in [1.807, 2.05) is 0 Å². The van der Waals surface area contributed by atoms with Crippen LogP contribution >= 0.6 is 24.0 Å². The minimum absolute atomic E-state index is 0. The first-order valence-electron chi connectivity index (χ1n) is 4.17. The monoisotopic (exact) mass is 229 g/mol. The minimum Gasteiger partial charge on any atom is -0.466 e. The molecule has 0 amide bonds. The third-order valence-electron chi connectivity index (χ3n) is 1.44. The van der Waals surface area contributed by atoms with Crippen molar-refractivity contribution >= 4 is 30.0 Å². The Morgan fingerprint density at radius 2 is 2.23 bits per heavy atom. The summed E-state index contributed by atoms with van der Waals surface area (Å²) in [7, 11) is 0. The van der Waals surface area contributed by atoms with Gasteiger partial charge in [-0.15, -0.1) is 24.0 Å². The summed E-state index contributed by atoms with van der Waals surface area (Å²) in [6.07, 6.45) is 1.93. The Balaban J connectivity index is 0. The highest BCUT2D eigenvalue weighted by Gasteiger charge is 2.08. The highest BCUT2D eigenvalue weighted by atomic mass is 35.5. The highest BCUT2D eigenvalue weighted by molar-refractivity contribution is 6.17. The van der Waals surface area contributed by atoms with Gasteiger partial charge >= 0.3 is 5.97 Å². The Morgan fingerprint density at radius 3 is 2.69 bits per heavy atom. The van der Waals surface area contributed by atoms with Gasteiger partial charge in [0.2, 0.25) is 0 Å². The van der Waals surface area contributed by atoms with Crippen LogP contribution in [0, 0.1) is 0 Å². The fraction of sp³-hybridized carbons (Fsp3) is 0.875. The largest absolute Gasteiger partial charge is 0.466 e. The molecule has 0 radical (unpaired) electrons. The number of hydrogen-bond donors (Lipinski definition) is 1. The third-order valence-corrected chi connectivity index (χ3v) is 1.71. The number of halogens is 2. The summed E-state index contributed by atoms with van der Waals surface area (Å²) in [5.41, 5.74) is 5.63. The van der Waals surface area contributed by atoms with Gasteiger partial charge in [-0.25, -0.2) is 0 Å². The van der Waals surface area contributed by atoms with Crippen molar-refractivity contribution in [1.29, 1.82) is 0 Å². The van der Waals surface area contributed by atoms with Crippen LogP contribution in [0.5, 0.6) is 0 Å². The molecule has 13 heavy (non-hydrogen) atoms. The Kier molecular flexibility index (Phi) is 12.0. The molecule has 0 aromatic rings. The molecule has 0 aliphatic carbocycles. The van der Waals surface area contributed by atoms with Crippen LogP contribution in [0.25, 0.3) is 0 Å². The van der Waals surface area contributed by atoms with E-state index >= 15 is 0 Å². The third kappa shape index (κ3) is 9.93. The van der Waals surface area contributed by atoms with E-state index in [1.54, 1.807) is 6.92 Å². The molecule has 0 saturated heterocycles. The highest BCUT2D eigenvalue weighted by Crippen LogP contribution is 2.01. The number of alkyl halides is 1. The van der Waals surface area contributed by atoms with Crippen LogP contribution in [0.3, 0.4) is 0 Å². The maximum Gasteiger partial charge on any atom is 0.307 e. The van der Waals surface area contributed by atoms with Crippen LogP contribution in [-0.2, 0) is 9.53 Å². The number of carbonyl (C=O) groups excluding carboxylic acids is 1. The first kappa shape index (κ1) is 15.5. The molecule has 0 fully saturated rings. The maximum atomic E-state index is 10.9. The van der Waals surface area contributed by atoms with E-state index in [0.29, 0.717) is 18.9 Å². The van der Waals surface area contributed by atoms with Crippen LogP contribution in [0.15, 0.2) is 0 Å². The van der Waals surface area contributed by atoms with Gasteiger partial charge in [0.05, 0.1) is 13.0 Å². The predicted octanol–water partition coefficient (Wildman–Crippen LogP) is 1.71.